The van der Waals surface area contributed by atoms with E-state index >= 15 is 0 Å². The van der Waals surface area contributed by atoms with Gasteiger partial charge in [0.1, 0.15) is 13.2 Å². The number of hydrogen-bond donors (Lipinski definition) is 0. The van der Waals surface area contributed by atoms with Gasteiger partial charge in [-0.1, -0.05) is 0 Å². The molecule has 0 heterocycles. The first-order valence-corrected chi connectivity index (χ1v) is 8.21. The summed E-state index contributed by atoms with van der Waals surface area (Å²) >= 11 is 0. The van der Waals surface area contributed by atoms with E-state index in [0.717, 1.165) is 11.0 Å². The van der Waals surface area contributed by atoms with Crippen molar-refractivity contribution in [3.63, 3.8) is 0 Å². The molecule has 0 aliphatic heterocycles. The average molecular weight is 296 g/mol. The first-order valence-electron chi connectivity index (χ1n) is 6.66. The molecule has 0 saturated carbocycles. The van der Waals surface area contributed by atoms with Crippen LogP contribution in [0.1, 0.15) is 20.8 Å². The van der Waals surface area contributed by atoms with Crippen molar-refractivity contribution in [3.8, 4) is 0 Å². The highest BCUT2D eigenvalue weighted by Gasteiger charge is 2.41. The molecule has 19 heavy (non-hydrogen) atoms. The van der Waals surface area contributed by atoms with Gasteiger partial charge in [-0.2, -0.15) is 0 Å². The zero-order valence-electron chi connectivity index (χ0n) is 14.2. The van der Waals surface area contributed by atoms with E-state index in [1.54, 1.807) is 0 Å². The van der Waals surface area contributed by atoms with Gasteiger partial charge in [0, 0.05) is 0 Å². The van der Waals surface area contributed by atoms with Crippen LogP contribution in [0, 0.1) is 0 Å². The highest BCUT2D eigenvalue weighted by Crippen LogP contribution is 2.59. The minimum atomic E-state index is -3.11. The second-order valence-electron chi connectivity index (χ2n) is 8.06. The summed E-state index contributed by atoms with van der Waals surface area (Å²) in [4.78, 5) is 0. The lowest BCUT2D eigenvalue weighted by atomic mass is 10.3. The molecule has 0 saturated heterocycles. The minimum absolute atomic E-state index is 0.374. The molecule has 1 atom stereocenters. The van der Waals surface area contributed by atoms with Crippen molar-refractivity contribution >= 4 is 7.60 Å². The number of rotatable bonds is 7. The van der Waals surface area contributed by atoms with Gasteiger partial charge in [0.25, 0.3) is 0 Å². The van der Waals surface area contributed by atoms with Gasteiger partial charge < -0.3 is 13.5 Å². The Morgan fingerprint density at radius 3 is 1.68 bits per heavy atom. The molecule has 1 unspecified atom stereocenters. The van der Waals surface area contributed by atoms with Crippen LogP contribution < -0.4 is 0 Å². The Balaban J connectivity index is 4.68. The zero-order valence-corrected chi connectivity index (χ0v) is 15.1. The van der Waals surface area contributed by atoms with Gasteiger partial charge in [-0.15, -0.1) is 0 Å². The Kier molecular flexibility index (Phi) is 6.25. The molecular formula is C13H33N2O3P+2. The van der Waals surface area contributed by atoms with Crippen LogP contribution >= 0.6 is 7.60 Å². The SMILES string of the molecule is CC(C)(C)P(=O)(OCC[N+](C)(C)C)OC[N+](C)(C)C. The van der Waals surface area contributed by atoms with Crippen molar-refractivity contribution in [2.75, 3.05) is 62.2 Å². The Morgan fingerprint density at radius 1 is 0.895 bits per heavy atom. The molecule has 5 nitrogen and oxygen atoms in total. The van der Waals surface area contributed by atoms with Crippen LogP contribution in [0.25, 0.3) is 0 Å². The van der Waals surface area contributed by atoms with E-state index in [1.165, 1.54) is 0 Å². The molecule has 0 bridgehead atoms. The van der Waals surface area contributed by atoms with E-state index in [4.69, 9.17) is 9.05 Å². The predicted octanol–water partition coefficient (Wildman–Crippen LogP) is 2.38. The molecular weight excluding hydrogens is 263 g/mol. The minimum Gasteiger partial charge on any atom is -0.329 e. The molecule has 0 spiro atoms. The van der Waals surface area contributed by atoms with Crippen LogP contribution in [0.4, 0.5) is 0 Å². The predicted molar refractivity (Wildman–Crippen MR) is 80.2 cm³/mol. The highest BCUT2D eigenvalue weighted by molar-refractivity contribution is 7.55. The molecule has 116 valence electrons. The second-order valence-corrected chi connectivity index (χ2v) is 10.9. The molecule has 0 aromatic rings. The molecule has 6 heteroatoms. The third-order valence-corrected chi connectivity index (χ3v) is 5.08. The zero-order chi connectivity index (χ0) is 15.5. The summed E-state index contributed by atoms with van der Waals surface area (Å²) in [6.45, 7) is 7.31. The number of nitrogens with zero attached hydrogens (tertiary/aromatic N) is 2. The van der Waals surface area contributed by atoms with E-state index in [-0.39, 0.29) is 0 Å². The molecule has 0 fully saturated rings. The second kappa shape index (κ2) is 6.23. The first-order chi connectivity index (χ1) is 8.16. The summed E-state index contributed by atoms with van der Waals surface area (Å²) < 4.78 is 25.6. The van der Waals surface area contributed by atoms with Gasteiger partial charge in [0.15, 0.2) is 6.73 Å². The third-order valence-electron chi connectivity index (χ3n) is 2.46. The van der Waals surface area contributed by atoms with Gasteiger partial charge in [-0.3, -0.25) is 9.09 Å². The number of likely N-dealkylation sites (N-methyl/N-ethyl adjacent to an activating group) is 1. The molecule has 0 aliphatic rings. The van der Waals surface area contributed by atoms with Crippen LogP contribution in [0.5, 0.6) is 0 Å². The van der Waals surface area contributed by atoms with Crippen molar-refractivity contribution in [1.82, 2.24) is 0 Å². The molecule has 0 rings (SSSR count). The molecule has 0 N–H and O–H groups in total. The van der Waals surface area contributed by atoms with Crippen molar-refractivity contribution in [3.05, 3.63) is 0 Å². The van der Waals surface area contributed by atoms with Gasteiger partial charge in [0.05, 0.1) is 47.4 Å². The van der Waals surface area contributed by atoms with E-state index in [9.17, 15) is 4.57 Å². The van der Waals surface area contributed by atoms with Crippen LogP contribution in [0.2, 0.25) is 0 Å². The monoisotopic (exact) mass is 296 g/mol. The fourth-order valence-corrected chi connectivity index (χ4v) is 2.78. The topological polar surface area (TPSA) is 35.5 Å². The fourth-order valence-electron chi connectivity index (χ4n) is 1.11. The first kappa shape index (κ1) is 19.1. The molecule has 0 radical (unpaired) electrons. The summed E-state index contributed by atoms with van der Waals surface area (Å²) in [6, 6.07) is 0. The van der Waals surface area contributed by atoms with E-state index in [1.807, 2.05) is 41.9 Å². The molecule has 0 aliphatic carbocycles. The number of quaternary nitrogens is 2. The Morgan fingerprint density at radius 2 is 1.37 bits per heavy atom. The van der Waals surface area contributed by atoms with Crippen LogP contribution in [-0.2, 0) is 13.6 Å². The molecule has 0 aromatic carbocycles. The molecule has 0 aromatic heterocycles. The van der Waals surface area contributed by atoms with Crippen molar-refractivity contribution < 1.29 is 22.6 Å². The fraction of sp³-hybridized carbons (Fsp3) is 1.00. The maximum Gasteiger partial charge on any atom is 0.340 e. The van der Waals surface area contributed by atoms with Crippen LogP contribution in [0.3, 0.4) is 0 Å². The maximum absolute atomic E-state index is 12.9. The van der Waals surface area contributed by atoms with E-state index < -0.39 is 12.8 Å². The highest BCUT2D eigenvalue weighted by atomic mass is 31.2. The summed E-state index contributed by atoms with van der Waals surface area (Å²) in [5.41, 5.74) is 0. The summed E-state index contributed by atoms with van der Waals surface area (Å²) in [5, 5.41) is -0.507. The maximum atomic E-state index is 12.9. The Bertz CT molecular complexity index is 324. The smallest absolute Gasteiger partial charge is 0.329 e. The summed E-state index contributed by atoms with van der Waals surface area (Å²) in [6.07, 6.45) is 0. The normalized spacial score (nSPS) is 17.3. The van der Waals surface area contributed by atoms with Crippen molar-refractivity contribution in [2.45, 2.75) is 25.9 Å². The lowest BCUT2D eigenvalue weighted by Crippen LogP contribution is -2.39. The van der Waals surface area contributed by atoms with Gasteiger partial charge >= 0.3 is 7.60 Å². The molecule has 0 amide bonds. The third kappa shape index (κ3) is 8.05. The summed E-state index contributed by atoms with van der Waals surface area (Å²) in [7, 11) is 9.13. The van der Waals surface area contributed by atoms with E-state index in [2.05, 4.69) is 21.1 Å². The van der Waals surface area contributed by atoms with Crippen molar-refractivity contribution in [2.24, 2.45) is 0 Å². The van der Waals surface area contributed by atoms with Crippen molar-refractivity contribution in [1.29, 1.82) is 0 Å². The van der Waals surface area contributed by atoms with E-state index in [0.29, 0.717) is 17.8 Å². The van der Waals surface area contributed by atoms with Crippen LogP contribution in [-0.4, -0.2) is 76.3 Å². The lowest BCUT2D eigenvalue weighted by molar-refractivity contribution is -0.887. The average Bonchev–Trinajstić information content (AvgIpc) is 2.09. The van der Waals surface area contributed by atoms with Gasteiger partial charge in [0.2, 0.25) is 0 Å². The number of hydrogen-bond acceptors (Lipinski definition) is 3. The standard InChI is InChI=1S/C13H33N2O3P/c1-13(2,3)19(16,18-12-15(7,8)9)17-11-10-14(4,5)6/h10-12H2,1-9H3/q+2. The summed E-state index contributed by atoms with van der Waals surface area (Å²) in [5.74, 6) is 0. The quantitative estimate of drug-likeness (QED) is 0.411. The Labute approximate surface area is 119 Å². The van der Waals surface area contributed by atoms with Gasteiger partial charge in [-0.25, -0.2) is 0 Å². The largest absolute Gasteiger partial charge is 0.340 e. The van der Waals surface area contributed by atoms with Crippen LogP contribution in [0.15, 0.2) is 0 Å². The van der Waals surface area contributed by atoms with Gasteiger partial charge in [-0.05, 0) is 20.8 Å². The lowest BCUT2D eigenvalue weighted by Gasteiger charge is -2.33. The Hall–Kier alpha value is 0.0700.